The predicted octanol–water partition coefficient (Wildman–Crippen LogP) is 2.63. The van der Waals surface area contributed by atoms with E-state index in [0.717, 1.165) is 11.1 Å². The molecular weight excluding hydrogens is 354 g/mol. The Bertz CT molecular complexity index is 903. The molecule has 2 heterocycles. The van der Waals surface area contributed by atoms with Crippen LogP contribution in [0.1, 0.15) is 17.3 Å². The third-order valence-corrected chi connectivity index (χ3v) is 4.17. The molecule has 0 aliphatic carbocycles. The zero-order valence-corrected chi connectivity index (χ0v) is 15.9. The van der Waals surface area contributed by atoms with E-state index in [9.17, 15) is 4.79 Å². The highest BCUT2D eigenvalue weighted by Crippen LogP contribution is 2.23. The number of methoxy groups -OCH3 is 1. The first-order valence-corrected chi connectivity index (χ1v) is 8.99. The van der Waals surface area contributed by atoms with Crippen LogP contribution in [0.25, 0.3) is 11.4 Å². The maximum atomic E-state index is 12.2. The molecule has 1 atom stereocenters. The number of ether oxygens (including phenoxy) is 1. The van der Waals surface area contributed by atoms with Gasteiger partial charge in [-0.3, -0.25) is 9.78 Å². The Balaban J connectivity index is 1.98. The Morgan fingerprint density at radius 3 is 2.64 bits per heavy atom. The number of hydrogen-bond donors (Lipinski definition) is 2. The summed E-state index contributed by atoms with van der Waals surface area (Å²) in [5.74, 6) is 1.02. The van der Waals surface area contributed by atoms with E-state index in [0.29, 0.717) is 23.8 Å². The lowest BCUT2D eigenvalue weighted by Gasteiger charge is -2.20. The number of benzene rings is 1. The van der Waals surface area contributed by atoms with Gasteiger partial charge in [0.2, 0.25) is 5.91 Å². The maximum absolute atomic E-state index is 12.2. The molecule has 1 aromatic carbocycles. The van der Waals surface area contributed by atoms with Crippen LogP contribution in [0.5, 0.6) is 0 Å². The van der Waals surface area contributed by atoms with Crippen LogP contribution >= 0.6 is 0 Å². The van der Waals surface area contributed by atoms with Crippen molar-refractivity contribution in [2.24, 2.45) is 0 Å². The lowest BCUT2D eigenvalue weighted by molar-refractivity contribution is -0.125. The number of anilines is 1. The topological polar surface area (TPSA) is 89.0 Å². The molecular formula is C21H23N5O2. The van der Waals surface area contributed by atoms with E-state index >= 15 is 0 Å². The van der Waals surface area contributed by atoms with Gasteiger partial charge in [0.15, 0.2) is 5.82 Å². The van der Waals surface area contributed by atoms with Gasteiger partial charge in [0.25, 0.3) is 0 Å². The quantitative estimate of drug-likeness (QED) is 0.627. The highest BCUT2D eigenvalue weighted by Gasteiger charge is 2.19. The van der Waals surface area contributed by atoms with Crippen molar-refractivity contribution >= 4 is 11.7 Å². The van der Waals surface area contributed by atoms with E-state index in [1.807, 2.05) is 48.5 Å². The van der Waals surface area contributed by atoms with Crippen molar-refractivity contribution in [3.05, 3.63) is 72.2 Å². The fraction of sp³-hybridized carbons (Fsp3) is 0.238. The Hall–Kier alpha value is -3.32. The summed E-state index contributed by atoms with van der Waals surface area (Å²) in [7, 11) is 3.30. The van der Waals surface area contributed by atoms with Crippen LogP contribution in [0, 0.1) is 0 Å². The summed E-state index contributed by atoms with van der Waals surface area (Å²) in [6.45, 7) is -0.00921. The molecule has 0 fully saturated rings. The highest BCUT2D eigenvalue weighted by molar-refractivity contribution is 5.77. The van der Waals surface area contributed by atoms with Gasteiger partial charge in [-0.15, -0.1) is 0 Å². The average molecular weight is 377 g/mol. The van der Waals surface area contributed by atoms with E-state index in [2.05, 4.69) is 20.6 Å². The van der Waals surface area contributed by atoms with Crippen molar-refractivity contribution in [3.8, 4) is 11.4 Å². The van der Waals surface area contributed by atoms with Gasteiger partial charge in [-0.2, -0.15) is 0 Å². The van der Waals surface area contributed by atoms with Crippen LogP contribution in [0.3, 0.4) is 0 Å². The number of carbonyl (C=O) groups is 1. The minimum Gasteiger partial charge on any atom is -0.375 e. The third-order valence-electron chi connectivity index (χ3n) is 4.17. The van der Waals surface area contributed by atoms with Crippen molar-refractivity contribution in [1.29, 1.82) is 0 Å². The van der Waals surface area contributed by atoms with Crippen LogP contribution in [0.15, 0.2) is 60.9 Å². The lowest BCUT2D eigenvalue weighted by Crippen LogP contribution is -2.33. The molecule has 2 aromatic heterocycles. The minimum atomic E-state index is -0.324. The predicted molar refractivity (Wildman–Crippen MR) is 108 cm³/mol. The Morgan fingerprint density at radius 1 is 1.14 bits per heavy atom. The number of nitrogens with one attached hydrogen (secondary N) is 2. The number of amides is 1. The van der Waals surface area contributed by atoms with Crippen LogP contribution in [-0.4, -0.2) is 41.6 Å². The van der Waals surface area contributed by atoms with Gasteiger partial charge < -0.3 is 15.4 Å². The summed E-state index contributed by atoms with van der Waals surface area (Å²) in [5.41, 5.74) is 2.62. The number of nitrogens with zero attached hydrogens (tertiary/aromatic N) is 3. The number of aromatic nitrogens is 3. The first-order valence-electron chi connectivity index (χ1n) is 8.99. The lowest BCUT2D eigenvalue weighted by atomic mass is 10.0. The first kappa shape index (κ1) is 19.4. The number of rotatable bonds is 8. The smallest absolute Gasteiger partial charge is 0.246 e. The van der Waals surface area contributed by atoms with Crippen LogP contribution < -0.4 is 10.6 Å². The van der Waals surface area contributed by atoms with Crippen molar-refractivity contribution in [1.82, 2.24) is 20.3 Å². The molecule has 7 heteroatoms. The van der Waals surface area contributed by atoms with E-state index in [1.54, 1.807) is 19.4 Å². The standard InChI is InChI=1S/C21H23N5O2/c1-22-19-12-18(25-21(26-19)16-9-6-10-23-13-16)17(24-20(27)14-28-2)11-15-7-4-3-5-8-15/h3-10,12-13,17H,11,14H2,1-2H3,(H,24,27)(H,22,25,26)/t17-/m0/s1. The summed E-state index contributed by atoms with van der Waals surface area (Å²) in [6.07, 6.45) is 4.02. The monoisotopic (exact) mass is 377 g/mol. The Morgan fingerprint density at radius 2 is 1.96 bits per heavy atom. The second-order valence-electron chi connectivity index (χ2n) is 6.24. The van der Waals surface area contributed by atoms with Gasteiger partial charge in [0.05, 0.1) is 11.7 Å². The molecule has 0 spiro atoms. The second kappa shape index (κ2) is 9.57. The van der Waals surface area contributed by atoms with E-state index in [4.69, 9.17) is 9.72 Å². The van der Waals surface area contributed by atoms with E-state index in [1.165, 1.54) is 7.11 Å². The largest absolute Gasteiger partial charge is 0.375 e. The SMILES string of the molecule is CNc1cc([C@H](Cc2ccccc2)NC(=O)COC)nc(-c2cccnc2)n1. The first-order chi connectivity index (χ1) is 13.7. The van der Waals surface area contributed by atoms with Crippen molar-refractivity contribution in [3.63, 3.8) is 0 Å². The van der Waals surface area contributed by atoms with Gasteiger partial charge in [0, 0.05) is 38.2 Å². The second-order valence-corrected chi connectivity index (χ2v) is 6.24. The molecule has 0 unspecified atom stereocenters. The molecule has 28 heavy (non-hydrogen) atoms. The molecule has 3 rings (SSSR count). The summed E-state index contributed by atoms with van der Waals surface area (Å²) in [6, 6.07) is 15.2. The average Bonchev–Trinajstić information content (AvgIpc) is 2.74. The molecule has 2 N–H and O–H groups in total. The fourth-order valence-electron chi connectivity index (χ4n) is 2.84. The van der Waals surface area contributed by atoms with Gasteiger partial charge in [-0.05, 0) is 24.1 Å². The summed E-state index contributed by atoms with van der Waals surface area (Å²) < 4.78 is 4.96. The van der Waals surface area contributed by atoms with E-state index in [-0.39, 0.29) is 18.6 Å². The zero-order valence-electron chi connectivity index (χ0n) is 15.9. The van der Waals surface area contributed by atoms with Crippen molar-refractivity contribution < 1.29 is 9.53 Å². The normalized spacial score (nSPS) is 11.6. The maximum Gasteiger partial charge on any atom is 0.246 e. The number of hydrogen-bond acceptors (Lipinski definition) is 6. The van der Waals surface area contributed by atoms with Gasteiger partial charge in [0.1, 0.15) is 12.4 Å². The molecule has 144 valence electrons. The van der Waals surface area contributed by atoms with Crippen LogP contribution in [0.2, 0.25) is 0 Å². The van der Waals surface area contributed by atoms with Gasteiger partial charge in [-0.1, -0.05) is 30.3 Å². The molecule has 0 saturated carbocycles. The van der Waals surface area contributed by atoms with Gasteiger partial charge in [-0.25, -0.2) is 9.97 Å². The molecule has 7 nitrogen and oxygen atoms in total. The van der Waals surface area contributed by atoms with Crippen LogP contribution in [-0.2, 0) is 16.0 Å². The number of pyridine rings is 1. The Kier molecular flexibility index (Phi) is 6.64. The van der Waals surface area contributed by atoms with Crippen molar-refractivity contribution in [2.45, 2.75) is 12.5 Å². The number of carbonyl (C=O) groups excluding carboxylic acids is 1. The molecule has 0 aliphatic rings. The highest BCUT2D eigenvalue weighted by atomic mass is 16.5. The summed E-state index contributed by atoms with van der Waals surface area (Å²) >= 11 is 0. The molecule has 0 aliphatic heterocycles. The summed E-state index contributed by atoms with van der Waals surface area (Å²) in [4.78, 5) is 25.6. The molecule has 1 amide bonds. The molecule has 3 aromatic rings. The minimum absolute atomic E-state index is 0.00921. The Labute approximate surface area is 164 Å². The zero-order chi connectivity index (χ0) is 19.8. The molecule has 0 radical (unpaired) electrons. The molecule has 0 saturated heterocycles. The van der Waals surface area contributed by atoms with Gasteiger partial charge >= 0.3 is 0 Å². The van der Waals surface area contributed by atoms with E-state index < -0.39 is 0 Å². The molecule has 0 bridgehead atoms. The fourth-order valence-corrected chi connectivity index (χ4v) is 2.84. The third kappa shape index (κ3) is 5.11. The van der Waals surface area contributed by atoms with Crippen LogP contribution in [0.4, 0.5) is 5.82 Å². The summed E-state index contributed by atoms with van der Waals surface area (Å²) in [5, 5.41) is 6.08. The van der Waals surface area contributed by atoms with Crippen molar-refractivity contribution in [2.75, 3.05) is 26.1 Å².